The van der Waals surface area contributed by atoms with Crippen LogP contribution in [-0.2, 0) is 11.0 Å². The molecule has 0 saturated heterocycles. The summed E-state index contributed by atoms with van der Waals surface area (Å²) in [6.45, 7) is 0. The summed E-state index contributed by atoms with van der Waals surface area (Å²) in [5.74, 6) is -0.419. The molecule has 2 unspecified atom stereocenters. The average Bonchev–Trinajstić information content (AvgIpc) is 2.73. The van der Waals surface area contributed by atoms with Gasteiger partial charge in [0.05, 0.1) is 17.0 Å². The van der Waals surface area contributed by atoms with Gasteiger partial charge in [-0.2, -0.15) is 13.2 Å². The van der Waals surface area contributed by atoms with E-state index in [0.29, 0.717) is 17.0 Å². The van der Waals surface area contributed by atoms with E-state index in [0.717, 1.165) is 12.1 Å². The lowest BCUT2D eigenvalue weighted by atomic mass is 10.1. The largest absolute Gasteiger partial charge is 0.457 e. The van der Waals surface area contributed by atoms with E-state index >= 15 is 0 Å². The quantitative estimate of drug-likeness (QED) is 0.569. The molecule has 0 radical (unpaired) electrons. The van der Waals surface area contributed by atoms with Crippen molar-refractivity contribution in [2.45, 2.75) is 18.4 Å². The Morgan fingerprint density at radius 1 is 0.933 bits per heavy atom. The minimum atomic E-state index is -4.41. The third-order valence-electron chi connectivity index (χ3n) is 4.23. The van der Waals surface area contributed by atoms with Gasteiger partial charge in [-0.3, -0.25) is 4.79 Å². The first-order valence-corrected chi connectivity index (χ1v) is 8.73. The molecule has 30 heavy (non-hydrogen) atoms. The van der Waals surface area contributed by atoms with Crippen molar-refractivity contribution in [3.05, 3.63) is 78.0 Å². The SMILES string of the molecule is NC(=O)C(O)C(O)c1cccc(-c2ccc(Oc3ccc(C(F)(F)F)cc3)cc2)n1. The van der Waals surface area contributed by atoms with Crippen molar-refractivity contribution in [1.29, 1.82) is 0 Å². The number of hydrogen-bond acceptors (Lipinski definition) is 5. The molecule has 0 saturated carbocycles. The van der Waals surface area contributed by atoms with Gasteiger partial charge in [-0.15, -0.1) is 0 Å². The van der Waals surface area contributed by atoms with Crippen LogP contribution in [0.4, 0.5) is 13.2 Å². The second kappa shape index (κ2) is 8.52. The zero-order valence-electron chi connectivity index (χ0n) is 15.4. The van der Waals surface area contributed by atoms with Gasteiger partial charge < -0.3 is 20.7 Å². The molecule has 0 bridgehead atoms. The smallest absolute Gasteiger partial charge is 0.416 e. The fourth-order valence-electron chi connectivity index (χ4n) is 2.64. The number of nitrogens with two attached hydrogens (primary N) is 1. The number of nitrogens with zero attached hydrogens (tertiary/aromatic N) is 1. The predicted octanol–water partition coefficient (Wildman–Crippen LogP) is 3.44. The van der Waals surface area contributed by atoms with Gasteiger partial charge in [-0.25, -0.2) is 4.98 Å². The fraction of sp³-hybridized carbons (Fsp3) is 0.143. The Hall–Kier alpha value is -3.43. The highest BCUT2D eigenvalue weighted by atomic mass is 19.4. The van der Waals surface area contributed by atoms with Gasteiger partial charge in [0.2, 0.25) is 5.91 Å². The van der Waals surface area contributed by atoms with Crippen LogP contribution < -0.4 is 10.5 Å². The van der Waals surface area contributed by atoms with Crippen LogP contribution >= 0.6 is 0 Å². The molecule has 3 rings (SSSR count). The standard InChI is InChI=1S/C21H17F3N2O4/c22-21(23,24)13-6-10-15(11-7-13)30-14-8-4-12(5-9-14)16-2-1-3-17(26-16)18(27)19(28)20(25)29/h1-11,18-19,27-28H,(H2,25,29). The van der Waals surface area contributed by atoms with E-state index in [9.17, 15) is 28.2 Å². The maximum Gasteiger partial charge on any atom is 0.416 e. The zero-order valence-corrected chi connectivity index (χ0v) is 15.4. The Morgan fingerprint density at radius 2 is 1.50 bits per heavy atom. The molecule has 0 aliphatic heterocycles. The maximum atomic E-state index is 12.6. The van der Waals surface area contributed by atoms with Crippen LogP contribution in [0.5, 0.6) is 11.5 Å². The number of carbonyl (C=O) groups is 1. The Kier molecular flexibility index (Phi) is 6.04. The van der Waals surface area contributed by atoms with Gasteiger partial charge in [0.1, 0.15) is 17.6 Å². The highest BCUT2D eigenvalue weighted by Crippen LogP contribution is 2.32. The lowest BCUT2D eigenvalue weighted by molar-refractivity contribution is -0.137. The number of aromatic nitrogens is 1. The molecule has 4 N–H and O–H groups in total. The van der Waals surface area contributed by atoms with Gasteiger partial charge in [-0.05, 0) is 60.7 Å². The monoisotopic (exact) mass is 418 g/mol. The third-order valence-corrected chi connectivity index (χ3v) is 4.23. The van der Waals surface area contributed by atoms with E-state index in [-0.39, 0.29) is 11.4 Å². The lowest BCUT2D eigenvalue weighted by Crippen LogP contribution is -2.34. The number of primary amides is 1. The molecule has 156 valence electrons. The van der Waals surface area contributed by atoms with E-state index in [1.807, 2.05) is 0 Å². The number of aliphatic hydroxyl groups excluding tert-OH is 2. The van der Waals surface area contributed by atoms with Crippen molar-refractivity contribution in [3.63, 3.8) is 0 Å². The van der Waals surface area contributed by atoms with Crippen molar-refractivity contribution in [3.8, 4) is 22.8 Å². The Morgan fingerprint density at radius 3 is 2.03 bits per heavy atom. The van der Waals surface area contributed by atoms with Crippen LogP contribution in [0.15, 0.2) is 66.7 Å². The molecule has 0 spiro atoms. The molecule has 1 amide bonds. The third kappa shape index (κ3) is 4.94. The van der Waals surface area contributed by atoms with Crippen molar-refractivity contribution in [2.24, 2.45) is 5.73 Å². The van der Waals surface area contributed by atoms with Gasteiger partial charge in [-0.1, -0.05) is 6.07 Å². The minimum absolute atomic E-state index is 0.0730. The second-order valence-corrected chi connectivity index (χ2v) is 6.39. The Balaban J connectivity index is 1.74. The van der Waals surface area contributed by atoms with Crippen molar-refractivity contribution in [1.82, 2.24) is 4.98 Å². The van der Waals surface area contributed by atoms with Crippen molar-refractivity contribution >= 4 is 5.91 Å². The summed E-state index contributed by atoms with van der Waals surface area (Å²) in [6.07, 6.45) is -7.76. The number of rotatable bonds is 6. The zero-order chi connectivity index (χ0) is 21.9. The summed E-state index contributed by atoms with van der Waals surface area (Å²) in [5.41, 5.74) is 5.41. The molecule has 0 aliphatic carbocycles. The maximum absolute atomic E-state index is 12.6. The van der Waals surface area contributed by atoms with Crippen LogP contribution in [0.2, 0.25) is 0 Å². The van der Waals surface area contributed by atoms with E-state index in [1.165, 1.54) is 18.2 Å². The van der Waals surface area contributed by atoms with Crippen LogP contribution in [-0.4, -0.2) is 27.2 Å². The van der Waals surface area contributed by atoms with Gasteiger partial charge in [0.25, 0.3) is 0 Å². The topological polar surface area (TPSA) is 106 Å². The molecule has 0 aliphatic rings. The van der Waals surface area contributed by atoms with Crippen LogP contribution in [0.25, 0.3) is 11.3 Å². The number of aliphatic hydroxyl groups is 2. The molecule has 3 aromatic rings. The van der Waals surface area contributed by atoms with Crippen LogP contribution in [0.1, 0.15) is 17.4 Å². The number of halogens is 3. The first-order valence-electron chi connectivity index (χ1n) is 8.73. The number of benzene rings is 2. The number of carbonyl (C=O) groups excluding carboxylic acids is 1. The lowest BCUT2D eigenvalue weighted by Gasteiger charge is -2.15. The summed E-state index contributed by atoms with van der Waals surface area (Å²) in [6, 6.07) is 15.6. The Labute approximate surface area is 169 Å². The molecular formula is C21H17F3N2O4. The van der Waals surface area contributed by atoms with E-state index in [4.69, 9.17) is 10.5 Å². The number of ether oxygens (including phenoxy) is 1. The van der Waals surface area contributed by atoms with E-state index < -0.39 is 29.9 Å². The van der Waals surface area contributed by atoms with Crippen LogP contribution in [0, 0.1) is 0 Å². The molecule has 0 fully saturated rings. The highest BCUT2D eigenvalue weighted by Gasteiger charge is 2.30. The van der Waals surface area contributed by atoms with Crippen molar-refractivity contribution in [2.75, 3.05) is 0 Å². The molecule has 6 nitrogen and oxygen atoms in total. The molecule has 1 heterocycles. The number of amides is 1. The van der Waals surface area contributed by atoms with Crippen molar-refractivity contribution < 1.29 is 32.9 Å². The van der Waals surface area contributed by atoms with Gasteiger partial charge in [0.15, 0.2) is 6.10 Å². The molecule has 9 heteroatoms. The fourth-order valence-corrected chi connectivity index (χ4v) is 2.64. The average molecular weight is 418 g/mol. The Bertz CT molecular complexity index is 1020. The van der Waals surface area contributed by atoms with Crippen LogP contribution in [0.3, 0.4) is 0 Å². The van der Waals surface area contributed by atoms with E-state index in [1.54, 1.807) is 36.4 Å². The molecule has 2 atom stereocenters. The van der Waals surface area contributed by atoms with Gasteiger partial charge >= 0.3 is 6.18 Å². The number of alkyl halides is 3. The number of hydrogen-bond donors (Lipinski definition) is 3. The summed E-state index contributed by atoms with van der Waals surface area (Å²) >= 11 is 0. The molecule has 1 aromatic heterocycles. The summed E-state index contributed by atoms with van der Waals surface area (Å²) in [4.78, 5) is 15.3. The first kappa shape index (κ1) is 21.3. The number of pyridine rings is 1. The first-order chi connectivity index (χ1) is 14.1. The van der Waals surface area contributed by atoms with E-state index in [2.05, 4.69) is 4.98 Å². The summed E-state index contributed by atoms with van der Waals surface area (Å²) in [7, 11) is 0. The predicted molar refractivity (Wildman–Crippen MR) is 101 cm³/mol. The highest BCUT2D eigenvalue weighted by molar-refractivity contribution is 5.79. The minimum Gasteiger partial charge on any atom is -0.457 e. The molecule has 2 aromatic carbocycles. The summed E-state index contributed by atoms with van der Waals surface area (Å²) in [5, 5.41) is 19.6. The molecular weight excluding hydrogens is 401 g/mol. The normalized spacial score (nSPS) is 13.5. The van der Waals surface area contributed by atoms with Gasteiger partial charge in [0, 0.05) is 5.56 Å². The second-order valence-electron chi connectivity index (χ2n) is 6.39. The summed E-state index contributed by atoms with van der Waals surface area (Å²) < 4.78 is 43.4.